The molecule has 0 unspecified atom stereocenters. The summed E-state index contributed by atoms with van der Waals surface area (Å²) in [5, 5.41) is 3.31. The smallest absolute Gasteiger partial charge is 0.226 e. The van der Waals surface area contributed by atoms with E-state index in [1.807, 2.05) is 53.6 Å². The van der Waals surface area contributed by atoms with Crippen LogP contribution in [0.5, 0.6) is 5.75 Å². The van der Waals surface area contributed by atoms with E-state index < -0.39 is 0 Å². The molecule has 7 heteroatoms. The summed E-state index contributed by atoms with van der Waals surface area (Å²) in [6.45, 7) is 5.57. The normalized spacial score (nSPS) is 14.4. The first-order valence-electron chi connectivity index (χ1n) is 11.5. The zero-order valence-electron chi connectivity index (χ0n) is 19.5. The molecule has 1 aliphatic rings. The number of carbonyl (C=O) groups is 1. The fourth-order valence-corrected chi connectivity index (χ4v) is 4.22. The minimum absolute atomic E-state index is 0.150. The first kappa shape index (κ1) is 22.7. The van der Waals surface area contributed by atoms with E-state index in [0.29, 0.717) is 25.5 Å². The molecule has 1 aliphatic heterocycles. The molecule has 1 fully saturated rings. The van der Waals surface area contributed by atoms with Crippen molar-refractivity contribution in [3.05, 3.63) is 66.1 Å². The molecule has 3 aromatic rings. The van der Waals surface area contributed by atoms with Crippen LogP contribution in [0, 0.1) is 0 Å². The summed E-state index contributed by atoms with van der Waals surface area (Å²) in [6, 6.07) is 13.8. The van der Waals surface area contributed by atoms with Gasteiger partial charge < -0.3 is 15.0 Å². The van der Waals surface area contributed by atoms with Gasteiger partial charge in [0, 0.05) is 43.0 Å². The molecule has 0 spiro atoms. The highest BCUT2D eigenvalue weighted by molar-refractivity contribution is 5.79. The van der Waals surface area contributed by atoms with Crippen LogP contribution in [0.25, 0.3) is 11.3 Å². The molecule has 0 radical (unpaired) electrons. The third-order valence-electron chi connectivity index (χ3n) is 5.90. The van der Waals surface area contributed by atoms with Gasteiger partial charge in [-0.2, -0.15) is 0 Å². The number of anilines is 1. The maximum absolute atomic E-state index is 12.9. The molecular weight excluding hydrogens is 414 g/mol. The second-order valence-corrected chi connectivity index (χ2v) is 8.69. The Morgan fingerprint density at radius 3 is 2.67 bits per heavy atom. The Morgan fingerprint density at radius 2 is 1.97 bits per heavy atom. The largest absolute Gasteiger partial charge is 0.497 e. The van der Waals surface area contributed by atoms with Gasteiger partial charge in [0.2, 0.25) is 11.9 Å². The van der Waals surface area contributed by atoms with Crippen molar-refractivity contribution in [2.45, 2.75) is 45.1 Å². The van der Waals surface area contributed by atoms with Crippen LogP contribution in [0.15, 0.2) is 54.9 Å². The van der Waals surface area contributed by atoms with Gasteiger partial charge in [-0.15, -0.1) is 0 Å². The average Bonchev–Trinajstić information content (AvgIpc) is 2.84. The number of likely N-dealkylation sites (tertiary alicyclic amines) is 1. The third kappa shape index (κ3) is 5.66. The summed E-state index contributed by atoms with van der Waals surface area (Å²) >= 11 is 0. The van der Waals surface area contributed by atoms with Crippen LogP contribution < -0.4 is 10.1 Å². The molecule has 1 saturated heterocycles. The van der Waals surface area contributed by atoms with Crippen LogP contribution in [0.4, 0.5) is 5.95 Å². The highest BCUT2D eigenvalue weighted by atomic mass is 16.5. The van der Waals surface area contributed by atoms with Crippen molar-refractivity contribution in [2.75, 3.05) is 25.5 Å². The number of nitrogens with one attached hydrogen (secondary N) is 1. The van der Waals surface area contributed by atoms with Crippen LogP contribution in [-0.4, -0.2) is 52.0 Å². The molecule has 33 heavy (non-hydrogen) atoms. The van der Waals surface area contributed by atoms with Crippen molar-refractivity contribution >= 4 is 11.9 Å². The molecule has 1 aromatic carbocycles. The number of amides is 1. The van der Waals surface area contributed by atoms with Gasteiger partial charge in [0.25, 0.3) is 0 Å². The van der Waals surface area contributed by atoms with Crippen LogP contribution >= 0.6 is 0 Å². The van der Waals surface area contributed by atoms with Gasteiger partial charge in [-0.05, 0) is 56.5 Å². The molecule has 1 N–H and O–H groups in total. The van der Waals surface area contributed by atoms with Crippen LogP contribution in [-0.2, 0) is 11.2 Å². The summed E-state index contributed by atoms with van der Waals surface area (Å²) in [6.07, 6.45) is 5.77. The van der Waals surface area contributed by atoms with E-state index in [9.17, 15) is 4.79 Å². The van der Waals surface area contributed by atoms with Crippen LogP contribution in [0.3, 0.4) is 0 Å². The monoisotopic (exact) mass is 445 g/mol. The minimum Gasteiger partial charge on any atom is -0.497 e. The van der Waals surface area contributed by atoms with Crippen molar-refractivity contribution in [3.8, 4) is 17.0 Å². The van der Waals surface area contributed by atoms with Crippen molar-refractivity contribution in [3.63, 3.8) is 0 Å². The van der Waals surface area contributed by atoms with Crippen molar-refractivity contribution in [1.82, 2.24) is 19.9 Å². The third-order valence-corrected chi connectivity index (χ3v) is 5.90. The summed E-state index contributed by atoms with van der Waals surface area (Å²) in [7, 11) is 1.64. The Bertz CT molecular complexity index is 1080. The number of hydrogen-bond acceptors (Lipinski definition) is 6. The second-order valence-electron chi connectivity index (χ2n) is 8.69. The molecule has 4 rings (SSSR count). The van der Waals surface area contributed by atoms with E-state index in [2.05, 4.69) is 29.1 Å². The summed E-state index contributed by atoms with van der Waals surface area (Å²) in [5.41, 5.74) is 3.82. The number of aromatic nitrogens is 3. The Balaban J connectivity index is 1.48. The summed E-state index contributed by atoms with van der Waals surface area (Å²) < 4.78 is 5.28. The van der Waals surface area contributed by atoms with Crippen LogP contribution in [0.1, 0.15) is 43.9 Å². The molecule has 0 bridgehead atoms. The number of hydrogen-bond donors (Lipinski definition) is 1. The maximum Gasteiger partial charge on any atom is 0.226 e. The standard InChI is InChI=1S/C26H31N5O2/c1-18(2)29-26-28-17-22(23-9-4-5-12-27-23)25(30-26)20-10-13-31(14-11-20)24(32)16-19-7-6-8-21(15-19)33-3/h4-9,12,15,17-18,20H,10-11,13-14,16H2,1-3H3,(H,28,29,30). The highest BCUT2D eigenvalue weighted by Gasteiger charge is 2.27. The van der Waals surface area contributed by atoms with Crippen LogP contribution in [0.2, 0.25) is 0 Å². The first-order valence-corrected chi connectivity index (χ1v) is 11.5. The number of carbonyl (C=O) groups excluding carboxylic acids is 1. The first-order chi connectivity index (χ1) is 16.0. The molecule has 2 aromatic heterocycles. The van der Waals surface area contributed by atoms with Gasteiger partial charge in [-0.25, -0.2) is 9.97 Å². The van der Waals surface area contributed by atoms with E-state index in [1.54, 1.807) is 13.3 Å². The van der Waals surface area contributed by atoms with Crippen molar-refractivity contribution in [1.29, 1.82) is 0 Å². The zero-order valence-corrected chi connectivity index (χ0v) is 19.5. The van der Waals surface area contributed by atoms with Gasteiger partial charge in [0.15, 0.2) is 0 Å². The number of nitrogens with zero attached hydrogens (tertiary/aromatic N) is 4. The lowest BCUT2D eigenvalue weighted by molar-refractivity contribution is -0.131. The van der Waals surface area contributed by atoms with E-state index in [1.165, 1.54) is 0 Å². The predicted octanol–water partition coefficient (Wildman–Crippen LogP) is 4.32. The number of piperidine rings is 1. The fraction of sp³-hybridized carbons (Fsp3) is 0.385. The Morgan fingerprint density at radius 1 is 1.15 bits per heavy atom. The molecule has 3 heterocycles. The van der Waals surface area contributed by atoms with E-state index >= 15 is 0 Å². The molecule has 0 saturated carbocycles. The Hall–Kier alpha value is -3.48. The van der Waals surface area contributed by atoms with Gasteiger partial charge >= 0.3 is 0 Å². The number of rotatable bonds is 7. The maximum atomic E-state index is 12.9. The molecular formula is C26H31N5O2. The van der Waals surface area contributed by atoms with E-state index in [-0.39, 0.29) is 17.9 Å². The van der Waals surface area contributed by atoms with Gasteiger partial charge in [0.05, 0.1) is 24.9 Å². The highest BCUT2D eigenvalue weighted by Crippen LogP contribution is 2.34. The topological polar surface area (TPSA) is 80.2 Å². The summed E-state index contributed by atoms with van der Waals surface area (Å²) in [5.74, 6) is 1.81. The molecule has 7 nitrogen and oxygen atoms in total. The SMILES string of the molecule is COc1cccc(CC(=O)N2CCC(c3nc(NC(C)C)ncc3-c3ccccn3)CC2)c1. The molecule has 0 atom stereocenters. The Labute approximate surface area is 195 Å². The lowest BCUT2D eigenvalue weighted by Crippen LogP contribution is -2.39. The van der Waals surface area contributed by atoms with Gasteiger partial charge in [-0.1, -0.05) is 18.2 Å². The molecule has 1 amide bonds. The lowest BCUT2D eigenvalue weighted by Gasteiger charge is -2.32. The van der Waals surface area contributed by atoms with Gasteiger partial charge in [0.1, 0.15) is 5.75 Å². The zero-order chi connectivity index (χ0) is 23.2. The minimum atomic E-state index is 0.150. The number of benzene rings is 1. The number of ether oxygens (including phenoxy) is 1. The van der Waals surface area contributed by atoms with Crippen molar-refractivity contribution < 1.29 is 9.53 Å². The lowest BCUT2D eigenvalue weighted by atomic mass is 9.89. The molecule has 0 aliphatic carbocycles. The van der Waals surface area contributed by atoms with Crippen molar-refractivity contribution in [2.24, 2.45) is 0 Å². The average molecular weight is 446 g/mol. The van der Waals surface area contributed by atoms with E-state index in [4.69, 9.17) is 9.72 Å². The fourth-order valence-electron chi connectivity index (χ4n) is 4.22. The quantitative estimate of drug-likeness (QED) is 0.584. The summed E-state index contributed by atoms with van der Waals surface area (Å²) in [4.78, 5) is 28.8. The predicted molar refractivity (Wildman–Crippen MR) is 129 cm³/mol. The molecule has 172 valence electrons. The number of pyridine rings is 1. The second kappa shape index (κ2) is 10.4. The Kier molecular flexibility index (Phi) is 7.17. The van der Waals surface area contributed by atoms with E-state index in [0.717, 1.165) is 41.1 Å². The number of methoxy groups -OCH3 is 1. The van der Waals surface area contributed by atoms with Gasteiger partial charge in [-0.3, -0.25) is 9.78 Å².